The van der Waals surface area contributed by atoms with Crippen molar-refractivity contribution >= 4 is 11.7 Å². The molecule has 0 aliphatic heterocycles. The highest BCUT2D eigenvalue weighted by Crippen LogP contribution is 2.20. The zero-order valence-electron chi connectivity index (χ0n) is 8.94. The summed E-state index contributed by atoms with van der Waals surface area (Å²) < 4.78 is 4.65. The summed E-state index contributed by atoms with van der Waals surface area (Å²) in [5.74, 6) is -0.434. The Morgan fingerprint density at radius 3 is 2.60 bits per heavy atom. The zero-order chi connectivity index (χ0) is 11.4. The summed E-state index contributed by atoms with van der Waals surface area (Å²) in [5, 5.41) is 8.73. The second-order valence-electron chi connectivity index (χ2n) is 3.23. The molecule has 78 valence electrons. The van der Waals surface area contributed by atoms with Crippen LogP contribution in [0.3, 0.4) is 0 Å². The van der Waals surface area contributed by atoms with E-state index in [-0.39, 0.29) is 0 Å². The van der Waals surface area contributed by atoms with Crippen molar-refractivity contribution < 1.29 is 9.53 Å². The zero-order valence-corrected chi connectivity index (χ0v) is 8.94. The first-order valence-electron chi connectivity index (χ1n) is 4.40. The first-order chi connectivity index (χ1) is 7.10. The topological polar surface area (TPSA) is 53.3 Å². The number of benzene rings is 1. The maximum atomic E-state index is 11.4. The molecule has 15 heavy (non-hydrogen) atoms. The summed E-state index contributed by atoms with van der Waals surface area (Å²) in [6.07, 6.45) is 0. The van der Waals surface area contributed by atoms with Crippen LogP contribution in [0.4, 0.5) is 5.69 Å². The van der Waals surface area contributed by atoms with Gasteiger partial charge in [-0.05, 0) is 18.2 Å². The van der Waals surface area contributed by atoms with Gasteiger partial charge in [-0.1, -0.05) is 0 Å². The molecular formula is C11H12N2O2. The predicted molar refractivity (Wildman–Crippen MR) is 56.8 cm³/mol. The summed E-state index contributed by atoms with van der Waals surface area (Å²) in [6.45, 7) is 0. The van der Waals surface area contributed by atoms with E-state index >= 15 is 0 Å². The summed E-state index contributed by atoms with van der Waals surface area (Å²) in [5.41, 5.74) is 1.59. The summed E-state index contributed by atoms with van der Waals surface area (Å²) in [4.78, 5) is 13.2. The van der Waals surface area contributed by atoms with E-state index in [0.717, 1.165) is 5.69 Å². The average Bonchev–Trinajstić information content (AvgIpc) is 2.26. The normalized spacial score (nSPS) is 9.20. The number of nitriles is 1. The van der Waals surface area contributed by atoms with Gasteiger partial charge in [0.25, 0.3) is 0 Å². The number of anilines is 1. The number of esters is 1. The molecule has 0 bridgehead atoms. The molecule has 0 saturated carbocycles. The molecule has 0 N–H and O–H groups in total. The minimum absolute atomic E-state index is 0.404. The molecule has 0 unspecified atom stereocenters. The summed E-state index contributed by atoms with van der Waals surface area (Å²) >= 11 is 0. The van der Waals surface area contributed by atoms with Crippen LogP contribution in [0.25, 0.3) is 0 Å². The second kappa shape index (κ2) is 4.47. The first-order valence-corrected chi connectivity index (χ1v) is 4.40. The number of hydrogen-bond acceptors (Lipinski definition) is 4. The third kappa shape index (κ3) is 2.26. The van der Waals surface area contributed by atoms with E-state index in [1.165, 1.54) is 13.2 Å². The maximum absolute atomic E-state index is 11.4. The molecule has 0 amide bonds. The van der Waals surface area contributed by atoms with Gasteiger partial charge in [-0.15, -0.1) is 0 Å². The number of methoxy groups -OCH3 is 1. The fraction of sp³-hybridized carbons (Fsp3) is 0.273. The Hall–Kier alpha value is -2.02. The van der Waals surface area contributed by atoms with E-state index in [9.17, 15) is 4.79 Å². The van der Waals surface area contributed by atoms with E-state index in [2.05, 4.69) is 4.74 Å². The predicted octanol–water partition coefficient (Wildman–Crippen LogP) is 1.41. The van der Waals surface area contributed by atoms with Crippen LogP contribution in [0.5, 0.6) is 0 Å². The molecule has 1 aromatic rings. The molecule has 4 heteroatoms. The van der Waals surface area contributed by atoms with Gasteiger partial charge in [0.05, 0.1) is 30.0 Å². The van der Waals surface area contributed by atoms with Crippen LogP contribution >= 0.6 is 0 Å². The van der Waals surface area contributed by atoms with Gasteiger partial charge in [-0.3, -0.25) is 0 Å². The van der Waals surface area contributed by atoms with Gasteiger partial charge in [-0.2, -0.15) is 5.26 Å². The van der Waals surface area contributed by atoms with Crippen LogP contribution in [0.1, 0.15) is 15.9 Å². The van der Waals surface area contributed by atoms with Gasteiger partial charge in [0, 0.05) is 14.1 Å². The Morgan fingerprint density at radius 2 is 2.13 bits per heavy atom. The van der Waals surface area contributed by atoms with Crippen LogP contribution in [0.15, 0.2) is 18.2 Å². The monoisotopic (exact) mass is 204 g/mol. The van der Waals surface area contributed by atoms with Crippen LogP contribution in [0, 0.1) is 11.3 Å². The third-order valence-corrected chi connectivity index (χ3v) is 2.01. The van der Waals surface area contributed by atoms with Crippen molar-refractivity contribution in [2.75, 3.05) is 26.1 Å². The Morgan fingerprint density at radius 1 is 1.47 bits per heavy atom. The highest BCUT2D eigenvalue weighted by Gasteiger charge is 2.13. The molecule has 1 aromatic carbocycles. The van der Waals surface area contributed by atoms with E-state index in [4.69, 9.17) is 5.26 Å². The van der Waals surface area contributed by atoms with Crippen molar-refractivity contribution in [1.29, 1.82) is 5.26 Å². The minimum Gasteiger partial charge on any atom is -0.465 e. The molecule has 0 aliphatic rings. The summed E-state index contributed by atoms with van der Waals surface area (Å²) in [6, 6.07) is 6.91. The van der Waals surface area contributed by atoms with Crippen molar-refractivity contribution in [2.45, 2.75) is 0 Å². The fourth-order valence-corrected chi connectivity index (χ4v) is 1.27. The van der Waals surface area contributed by atoms with E-state index in [1.54, 1.807) is 17.0 Å². The van der Waals surface area contributed by atoms with Gasteiger partial charge in [0.1, 0.15) is 0 Å². The Labute approximate surface area is 88.7 Å². The van der Waals surface area contributed by atoms with Crippen LogP contribution in [-0.4, -0.2) is 27.2 Å². The van der Waals surface area contributed by atoms with Gasteiger partial charge in [0.15, 0.2) is 0 Å². The van der Waals surface area contributed by atoms with Gasteiger partial charge >= 0.3 is 5.97 Å². The molecule has 1 rings (SSSR count). The first kappa shape index (κ1) is 11.1. The van der Waals surface area contributed by atoms with Crippen molar-refractivity contribution in [3.63, 3.8) is 0 Å². The Bertz CT molecular complexity index is 419. The van der Waals surface area contributed by atoms with Gasteiger partial charge in [0.2, 0.25) is 0 Å². The lowest BCUT2D eigenvalue weighted by Gasteiger charge is -2.16. The largest absolute Gasteiger partial charge is 0.465 e. The van der Waals surface area contributed by atoms with E-state index in [0.29, 0.717) is 11.1 Å². The molecule has 0 atom stereocenters. The molecular weight excluding hydrogens is 192 g/mol. The van der Waals surface area contributed by atoms with E-state index in [1.807, 2.05) is 20.2 Å². The molecule has 0 saturated heterocycles. The fourth-order valence-electron chi connectivity index (χ4n) is 1.27. The van der Waals surface area contributed by atoms with Crippen molar-refractivity contribution in [3.05, 3.63) is 29.3 Å². The number of rotatable bonds is 2. The summed E-state index contributed by atoms with van der Waals surface area (Å²) in [7, 11) is 4.97. The smallest absolute Gasteiger partial charge is 0.340 e. The highest BCUT2D eigenvalue weighted by atomic mass is 16.5. The van der Waals surface area contributed by atoms with Crippen molar-refractivity contribution in [3.8, 4) is 6.07 Å². The minimum atomic E-state index is -0.434. The van der Waals surface area contributed by atoms with Gasteiger partial charge in [-0.25, -0.2) is 4.79 Å². The molecule has 0 radical (unpaired) electrons. The number of ether oxygens (including phenoxy) is 1. The molecule has 0 spiro atoms. The molecule has 4 nitrogen and oxygen atoms in total. The molecule has 0 aliphatic carbocycles. The Kier molecular flexibility index (Phi) is 3.29. The molecule has 0 aromatic heterocycles. The van der Waals surface area contributed by atoms with Crippen LogP contribution in [-0.2, 0) is 4.74 Å². The van der Waals surface area contributed by atoms with Crippen LogP contribution in [0.2, 0.25) is 0 Å². The highest BCUT2D eigenvalue weighted by molar-refractivity contribution is 5.96. The molecule has 0 fully saturated rings. The average molecular weight is 204 g/mol. The number of nitrogens with zero attached hydrogens (tertiary/aromatic N) is 2. The Balaban J connectivity index is 3.30. The lowest BCUT2D eigenvalue weighted by molar-refractivity contribution is 0.0601. The van der Waals surface area contributed by atoms with E-state index < -0.39 is 5.97 Å². The molecule has 0 heterocycles. The lowest BCUT2D eigenvalue weighted by atomic mass is 10.1. The standard InChI is InChI=1S/C11H12N2O2/c1-13(2)10-5-4-8(7-12)6-9(10)11(14)15-3/h4-6H,1-3H3. The number of hydrogen-bond donors (Lipinski definition) is 0. The number of carbonyl (C=O) groups excluding carboxylic acids is 1. The third-order valence-electron chi connectivity index (χ3n) is 2.01. The lowest BCUT2D eigenvalue weighted by Crippen LogP contribution is -2.14. The van der Waals surface area contributed by atoms with Crippen molar-refractivity contribution in [2.24, 2.45) is 0 Å². The maximum Gasteiger partial charge on any atom is 0.340 e. The second-order valence-corrected chi connectivity index (χ2v) is 3.23. The van der Waals surface area contributed by atoms with Gasteiger partial charge < -0.3 is 9.64 Å². The quantitative estimate of drug-likeness (QED) is 0.683. The number of carbonyl (C=O) groups is 1. The SMILES string of the molecule is COC(=O)c1cc(C#N)ccc1N(C)C. The van der Waals surface area contributed by atoms with Crippen molar-refractivity contribution in [1.82, 2.24) is 0 Å². The van der Waals surface area contributed by atoms with Crippen LogP contribution < -0.4 is 4.90 Å².